The Morgan fingerprint density at radius 1 is 1.05 bits per heavy atom. The smallest absolute Gasteiger partial charge is 0.268 e. The van der Waals surface area contributed by atoms with E-state index in [9.17, 15) is 30.3 Å². The monoisotopic (exact) mass is 304 g/mol. The molecule has 2 unspecified atom stereocenters. The van der Waals surface area contributed by atoms with Crippen LogP contribution in [0.4, 0.5) is 0 Å². The van der Waals surface area contributed by atoms with Crippen molar-refractivity contribution in [1.82, 2.24) is 0 Å². The first-order valence-corrected chi connectivity index (χ1v) is 6.33. The molecule has 7 heteroatoms. The zero-order chi connectivity index (χ0) is 16.1. The lowest BCUT2D eigenvalue weighted by atomic mass is 9.89. The summed E-state index contributed by atoms with van der Waals surface area (Å²) in [5.41, 5.74) is -0.392. The molecule has 114 valence electrons. The van der Waals surface area contributed by atoms with Gasteiger partial charge in [0.15, 0.2) is 17.6 Å². The lowest BCUT2D eigenvalue weighted by Crippen LogP contribution is -2.52. The van der Waals surface area contributed by atoms with E-state index in [2.05, 4.69) is 0 Å². The number of rotatable bonds is 1. The minimum Gasteiger partial charge on any atom is -0.504 e. The Labute approximate surface area is 124 Å². The van der Waals surface area contributed by atoms with Gasteiger partial charge in [-0.05, 0) is 0 Å². The molecule has 1 heterocycles. The normalized spacial score (nSPS) is 23.7. The molecular weight excluding hydrogens is 292 g/mol. The van der Waals surface area contributed by atoms with Gasteiger partial charge in [0.2, 0.25) is 11.5 Å². The summed E-state index contributed by atoms with van der Waals surface area (Å²) in [5, 5.41) is 49.4. The number of aromatic hydroxyl groups is 3. The zero-order valence-corrected chi connectivity index (χ0v) is 11.1. The Bertz CT molecular complexity index is 756. The minimum absolute atomic E-state index is 0.119. The summed E-state index contributed by atoms with van der Waals surface area (Å²) < 4.78 is 5.26. The third-order valence-electron chi connectivity index (χ3n) is 3.54. The molecule has 0 spiro atoms. The predicted octanol–water partition coefficient (Wildman–Crippen LogP) is 0.585. The van der Waals surface area contributed by atoms with Crippen molar-refractivity contribution in [1.29, 1.82) is 0 Å². The van der Waals surface area contributed by atoms with Gasteiger partial charge < -0.3 is 30.3 Å². The second-order valence-electron chi connectivity index (χ2n) is 4.90. The van der Waals surface area contributed by atoms with Gasteiger partial charge in [-0.2, -0.15) is 0 Å². The Morgan fingerprint density at radius 3 is 2.32 bits per heavy atom. The van der Waals surface area contributed by atoms with Crippen LogP contribution in [0.1, 0.15) is 15.9 Å². The Hall–Kier alpha value is -2.77. The van der Waals surface area contributed by atoms with E-state index in [1.165, 1.54) is 12.1 Å². The van der Waals surface area contributed by atoms with E-state index in [1.54, 1.807) is 18.2 Å². The molecule has 1 aliphatic rings. The molecule has 0 radical (unpaired) electrons. The van der Waals surface area contributed by atoms with Crippen molar-refractivity contribution in [3.05, 3.63) is 47.5 Å². The highest BCUT2D eigenvalue weighted by Gasteiger charge is 2.51. The highest BCUT2D eigenvalue weighted by atomic mass is 16.6. The number of Topliss-reactive ketones (excluding diaryl/α,β-unsaturated/α-hetero) is 1. The van der Waals surface area contributed by atoms with E-state index in [-0.39, 0.29) is 11.3 Å². The number of carbonyl (C=O) groups excluding carboxylic acids is 1. The molecule has 0 bridgehead atoms. The van der Waals surface area contributed by atoms with Crippen molar-refractivity contribution in [2.45, 2.75) is 11.9 Å². The molecule has 7 nitrogen and oxygen atoms in total. The van der Waals surface area contributed by atoms with E-state index in [4.69, 9.17) is 4.74 Å². The summed E-state index contributed by atoms with van der Waals surface area (Å²) in [7, 11) is 0. The second-order valence-corrected chi connectivity index (χ2v) is 4.90. The minimum atomic E-state index is -2.37. The highest BCUT2D eigenvalue weighted by Crippen LogP contribution is 2.48. The quantitative estimate of drug-likeness (QED) is 0.488. The van der Waals surface area contributed by atoms with Crippen LogP contribution in [0.3, 0.4) is 0 Å². The van der Waals surface area contributed by atoms with Crippen LogP contribution in [0, 0.1) is 0 Å². The first kappa shape index (κ1) is 14.2. The van der Waals surface area contributed by atoms with Crippen LogP contribution in [-0.2, 0) is 5.79 Å². The third-order valence-corrected chi connectivity index (χ3v) is 3.54. The number of fused-ring (bicyclic) bond motifs is 1. The molecule has 3 rings (SSSR count). The first-order chi connectivity index (χ1) is 10.4. The average molecular weight is 304 g/mol. The SMILES string of the molecule is O=C1c2c(cc(O)c(O)c2O)OC(O)(c2ccccc2)C1O. The number of phenols is 3. The van der Waals surface area contributed by atoms with E-state index >= 15 is 0 Å². The Balaban J connectivity index is 2.20. The predicted molar refractivity (Wildman–Crippen MR) is 72.7 cm³/mol. The van der Waals surface area contributed by atoms with Crippen LogP contribution >= 0.6 is 0 Å². The van der Waals surface area contributed by atoms with Crippen molar-refractivity contribution >= 4 is 5.78 Å². The van der Waals surface area contributed by atoms with Crippen LogP contribution in [0.25, 0.3) is 0 Å². The topological polar surface area (TPSA) is 127 Å². The molecule has 2 aromatic carbocycles. The molecule has 0 aromatic heterocycles. The maximum absolute atomic E-state index is 12.2. The van der Waals surface area contributed by atoms with Crippen LogP contribution in [0.5, 0.6) is 23.0 Å². The number of ether oxygens (including phenoxy) is 1. The second kappa shape index (κ2) is 4.62. The summed E-state index contributed by atoms with van der Waals surface area (Å²) in [6.45, 7) is 0. The Kier molecular flexibility index (Phi) is 2.98. The van der Waals surface area contributed by atoms with Crippen LogP contribution in [0.15, 0.2) is 36.4 Å². The van der Waals surface area contributed by atoms with Gasteiger partial charge in [-0.1, -0.05) is 30.3 Å². The molecule has 0 amide bonds. The fourth-order valence-electron chi connectivity index (χ4n) is 2.37. The number of hydrogen-bond acceptors (Lipinski definition) is 7. The van der Waals surface area contributed by atoms with Crippen LogP contribution in [0.2, 0.25) is 0 Å². The molecule has 0 saturated heterocycles. The largest absolute Gasteiger partial charge is 0.504 e. The number of aliphatic hydroxyl groups excluding tert-OH is 1. The standard InChI is InChI=1S/C15H12O7/c16-8-6-9-10(12(18)11(8)17)13(19)14(20)15(21,22-9)7-4-2-1-3-5-7/h1-6,14,16-18,20-21H. The maximum atomic E-state index is 12.2. The van der Waals surface area contributed by atoms with Gasteiger partial charge in [0, 0.05) is 11.6 Å². The van der Waals surface area contributed by atoms with Crippen molar-refractivity contribution < 1.29 is 35.1 Å². The molecule has 2 atom stereocenters. The van der Waals surface area contributed by atoms with E-state index in [0.29, 0.717) is 0 Å². The molecule has 0 aliphatic carbocycles. The maximum Gasteiger partial charge on any atom is 0.268 e. The molecule has 0 saturated carbocycles. The van der Waals surface area contributed by atoms with Crippen molar-refractivity contribution in [2.75, 3.05) is 0 Å². The van der Waals surface area contributed by atoms with Gasteiger partial charge >= 0.3 is 0 Å². The van der Waals surface area contributed by atoms with Gasteiger partial charge in [-0.15, -0.1) is 0 Å². The summed E-state index contributed by atoms with van der Waals surface area (Å²) in [6, 6.07) is 8.60. The number of carbonyl (C=O) groups is 1. The van der Waals surface area contributed by atoms with Gasteiger partial charge in [0.05, 0.1) is 0 Å². The third kappa shape index (κ3) is 1.80. The van der Waals surface area contributed by atoms with Crippen molar-refractivity contribution in [3.63, 3.8) is 0 Å². The van der Waals surface area contributed by atoms with E-state index < -0.39 is 40.5 Å². The van der Waals surface area contributed by atoms with Gasteiger partial charge in [0.1, 0.15) is 11.3 Å². The summed E-state index contributed by atoms with van der Waals surface area (Å²) >= 11 is 0. The number of aliphatic hydroxyl groups is 2. The number of benzene rings is 2. The summed E-state index contributed by atoms with van der Waals surface area (Å²) in [6.07, 6.45) is -2.02. The average Bonchev–Trinajstić information content (AvgIpc) is 2.51. The number of phenolic OH excluding ortho intramolecular Hbond substituents is 3. The molecule has 1 aliphatic heterocycles. The summed E-state index contributed by atoms with van der Waals surface area (Å²) in [4.78, 5) is 12.2. The highest BCUT2D eigenvalue weighted by molar-refractivity contribution is 6.06. The lowest BCUT2D eigenvalue weighted by molar-refractivity contribution is -0.204. The molecular formula is C15H12O7. The molecule has 5 N–H and O–H groups in total. The van der Waals surface area contributed by atoms with Gasteiger partial charge in [-0.3, -0.25) is 4.79 Å². The lowest BCUT2D eigenvalue weighted by Gasteiger charge is -2.37. The van der Waals surface area contributed by atoms with Gasteiger partial charge in [0.25, 0.3) is 5.79 Å². The fraction of sp³-hybridized carbons (Fsp3) is 0.133. The van der Waals surface area contributed by atoms with Crippen molar-refractivity contribution in [3.8, 4) is 23.0 Å². The summed E-state index contributed by atoms with van der Waals surface area (Å²) in [5.74, 6) is -6.32. The zero-order valence-electron chi connectivity index (χ0n) is 11.1. The number of ketones is 1. The van der Waals surface area contributed by atoms with Crippen molar-refractivity contribution in [2.24, 2.45) is 0 Å². The first-order valence-electron chi connectivity index (χ1n) is 6.33. The molecule has 2 aromatic rings. The van der Waals surface area contributed by atoms with Crippen LogP contribution in [-0.4, -0.2) is 37.4 Å². The van der Waals surface area contributed by atoms with E-state index in [0.717, 1.165) is 6.07 Å². The molecule has 22 heavy (non-hydrogen) atoms. The number of hydrogen-bond donors (Lipinski definition) is 5. The Morgan fingerprint density at radius 2 is 1.68 bits per heavy atom. The molecule has 0 fully saturated rings. The van der Waals surface area contributed by atoms with Crippen LogP contribution < -0.4 is 4.74 Å². The fourth-order valence-corrected chi connectivity index (χ4v) is 2.37. The van der Waals surface area contributed by atoms with Gasteiger partial charge in [-0.25, -0.2) is 0 Å². The van der Waals surface area contributed by atoms with E-state index in [1.807, 2.05) is 0 Å².